The second-order valence-electron chi connectivity index (χ2n) is 4.98. The lowest BCUT2D eigenvalue weighted by Gasteiger charge is -2.11. The zero-order valence-electron chi connectivity index (χ0n) is 12.3. The third-order valence-corrected chi connectivity index (χ3v) is 3.39. The molecule has 0 aliphatic heterocycles. The van der Waals surface area contributed by atoms with Crippen LogP contribution in [0.3, 0.4) is 0 Å². The summed E-state index contributed by atoms with van der Waals surface area (Å²) >= 11 is 0. The van der Waals surface area contributed by atoms with E-state index in [1.165, 1.54) is 42.5 Å². The first-order chi connectivity index (χ1) is 11.6. The van der Waals surface area contributed by atoms with Crippen molar-refractivity contribution in [1.29, 1.82) is 0 Å². The highest BCUT2D eigenvalue weighted by Crippen LogP contribution is 2.26. The number of rotatable bonds is 4. The summed E-state index contributed by atoms with van der Waals surface area (Å²) in [6.07, 6.45) is 0.610. The van der Waals surface area contributed by atoms with Crippen LogP contribution < -0.4 is 5.32 Å². The van der Waals surface area contributed by atoms with Crippen molar-refractivity contribution in [2.24, 2.45) is 0 Å². The fraction of sp³-hybridized carbons (Fsp3) is 0. The van der Waals surface area contributed by atoms with E-state index in [2.05, 4.69) is 10.3 Å². The Labute approximate surface area is 135 Å². The van der Waals surface area contributed by atoms with Crippen LogP contribution in [0.4, 0.5) is 24.7 Å². The number of nitrogens with one attached hydrogen (secondary N) is 1. The maximum absolute atomic E-state index is 13.7. The number of anilines is 2. The van der Waals surface area contributed by atoms with E-state index in [1.54, 1.807) is 0 Å². The summed E-state index contributed by atoms with van der Waals surface area (Å²) in [6.45, 7) is 0. The van der Waals surface area contributed by atoms with Gasteiger partial charge in [0.25, 0.3) is 0 Å². The Balaban J connectivity index is 2.03. The van der Waals surface area contributed by atoms with Crippen LogP contribution in [0.15, 0.2) is 54.6 Å². The van der Waals surface area contributed by atoms with Crippen LogP contribution >= 0.6 is 0 Å². The fourth-order valence-corrected chi connectivity index (χ4v) is 2.22. The predicted octanol–water partition coefficient (Wildman–Crippen LogP) is 4.72. The lowest BCUT2D eigenvalue weighted by Crippen LogP contribution is -2.01. The molecule has 120 valence electrons. The average Bonchev–Trinajstić information content (AvgIpc) is 2.59. The largest absolute Gasteiger partial charge is 0.335 e. The number of para-hydroxylation sites is 1. The van der Waals surface area contributed by atoms with Gasteiger partial charge in [0.1, 0.15) is 29.0 Å². The van der Waals surface area contributed by atoms with Gasteiger partial charge in [-0.2, -0.15) is 0 Å². The molecule has 0 aliphatic rings. The van der Waals surface area contributed by atoms with Crippen molar-refractivity contribution < 1.29 is 18.0 Å². The quantitative estimate of drug-likeness (QED) is 0.705. The first-order valence-corrected chi connectivity index (χ1v) is 7.01. The van der Waals surface area contributed by atoms with Crippen LogP contribution in [0.25, 0.3) is 11.3 Å². The first kappa shape index (κ1) is 15.7. The van der Waals surface area contributed by atoms with Gasteiger partial charge in [-0.3, -0.25) is 4.79 Å². The molecule has 0 spiro atoms. The summed E-state index contributed by atoms with van der Waals surface area (Å²) in [5, 5.41) is 2.56. The van der Waals surface area contributed by atoms with Crippen LogP contribution in [-0.2, 0) is 0 Å². The van der Waals surface area contributed by atoms with Gasteiger partial charge in [0.2, 0.25) is 0 Å². The highest BCUT2D eigenvalue weighted by molar-refractivity contribution is 5.86. The molecule has 1 N–H and O–H groups in total. The van der Waals surface area contributed by atoms with Gasteiger partial charge >= 0.3 is 0 Å². The van der Waals surface area contributed by atoms with Gasteiger partial charge in [-0.1, -0.05) is 6.07 Å². The Bertz CT molecular complexity index is 875. The average molecular weight is 328 g/mol. The van der Waals surface area contributed by atoms with Crippen molar-refractivity contribution in [3.05, 3.63) is 77.6 Å². The van der Waals surface area contributed by atoms with Crippen molar-refractivity contribution in [2.45, 2.75) is 0 Å². The number of carbonyl (C=O) groups excluding carboxylic acids is 1. The summed E-state index contributed by atoms with van der Waals surface area (Å²) in [5.74, 6) is -1.79. The minimum Gasteiger partial charge on any atom is -0.335 e. The van der Waals surface area contributed by atoms with Gasteiger partial charge in [-0.05, 0) is 48.5 Å². The zero-order valence-corrected chi connectivity index (χ0v) is 12.3. The highest BCUT2D eigenvalue weighted by Gasteiger charge is 2.12. The second-order valence-corrected chi connectivity index (χ2v) is 4.98. The van der Waals surface area contributed by atoms with E-state index in [9.17, 15) is 18.0 Å². The number of carbonyl (C=O) groups is 1. The molecule has 0 aliphatic carbocycles. The molecule has 0 radical (unpaired) electrons. The highest BCUT2D eigenvalue weighted by atomic mass is 19.1. The monoisotopic (exact) mass is 328 g/mol. The van der Waals surface area contributed by atoms with Crippen LogP contribution in [0.5, 0.6) is 0 Å². The van der Waals surface area contributed by atoms with E-state index in [1.807, 2.05) is 0 Å². The van der Waals surface area contributed by atoms with Crippen molar-refractivity contribution in [3.63, 3.8) is 0 Å². The molecule has 0 fully saturated rings. The summed E-state index contributed by atoms with van der Waals surface area (Å²) in [7, 11) is 0. The molecule has 3 nitrogen and oxygen atoms in total. The molecule has 3 rings (SSSR count). The van der Waals surface area contributed by atoms with Crippen LogP contribution in [0.1, 0.15) is 10.4 Å². The summed E-state index contributed by atoms with van der Waals surface area (Å²) in [5.41, 5.74) is 0.734. The molecule has 0 atom stereocenters. The summed E-state index contributed by atoms with van der Waals surface area (Å²) < 4.78 is 40.5. The van der Waals surface area contributed by atoms with Gasteiger partial charge in [0.05, 0.1) is 5.69 Å². The van der Waals surface area contributed by atoms with Gasteiger partial charge in [0.15, 0.2) is 6.29 Å². The Morgan fingerprint density at radius 2 is 1.54 bits per heavy atom. The van der Waals surface area contributed by atoms with E-state index in [0.29, 0.717) is 11.8 Å². The number of aromatic nitrogens is 1. The van der Waals surface area contributed by atoms with E-state index < -0.39 is 17.5 Å². The number of benzene rings is 2. The lowest BCUT2D eigenvalue weighted by atomic mass is 10.1. The topological polar surface area (TPSA) is 42.0 Å². The normalized spacial score (nSPS) is 10.5. The second kappa shape index (κ2) is 6.54. The molecule has 1 aromatic heterocycles. The van der Waals surface area contributed by atoms with Crippen molar-refractivity contribution in [3.8, 4) is 11.3 Å². The Morgan fingerprint density at radius 3 is 2.17 bits per heavy atom. The van der Waals surface area contributed by atoms with Crippen LogP contribution in [-0.4, -0.2) is 11.3 Å². The van der Waals surface area contributed by atoms with Crippen molar-refractivity contribution in [2.75, 3.05) is 5.32 Å². The number of pyridine rings is 1. The van der Waals surface area contributed by atoms with Gasteiger partial charge in [0, 0.05) is 11.1 Å². The Hall–Kier alpha value is -3.15. The number of halogens is 3. The van der Waals surface area contributed by atoms with E-state index in [4.69, 9.17) is 0 Å². The molecule has 0 bridgehead atoms. The van der Waals surface area contributed by atoms with Crippen molar-refractivity contribution in [1.82, 2.24) is 4.98 Å². The Kier molecular flexibility index (Phi) is 4.29. The number of hydrogen-bond acceptors (Lipinski definition) is 3. The molecule has 0 saturated carbocycles. The lowest BCUT2D eigenvalue weighted by molar-refractivity contribution is 0.112. The first-order valence-electron chi connectivity index (χ1n) is 7.01. The maximum Gasteiger partial charge on any atom is 0.152 e. The number of nitrogens with zero attached hydrogens (tertiary/aromatic N) is 1. The molecule has 1 heterocycles. The number of aldehydes is 1. The minimum atomic E-state index is -0.764. The zero-order chi connectivity index (χ0) is 17.1. The minimum absolute atomic E-state index is 0.156. The molecule has 0 amide bonds. The molecule has 3 aromatic rings. The van der Waals surface area contributed by atoms with Gasteiger partial charge in [-0.25, -0.2) is 18.2 Å². The molecule has 24 heavy (non-hydrogen) atoms. The molecular weight excluding hydrogens is 317 g/mol. The SMILES string of the molecule is O=Cc1ccc(Nc2c(F)cccc2F)nc1-c1ccc(F)cc1. The third-order valence-electron chi connectivity index (χ3n) is 3.39. The van der Waals surface area contributed by atoms with E-state index in [0.717, 1.165) is 12.1 Å². The molecule has 0 saturated heterocycles. The van der Waals surface area contributed by atoms with Crippen LogP contribution in [0.2, 0.25) is 0 Å². The van der Waals surface area contributed by atoms with Crippen LogP contribution in [0, 0.1) is 17.5 Å². The standard InChI is InChI=1S/C18H11F3N2O/c19-13-7-4-11(5-8-13)17-12(10-24)6-9-16(22-17)23-18-14(20)2-1-3-15(18)21/h1-10H,(H,22,23). The molecule has 6 heteroatoms. The molecular formula is C18H11F3N2O. The molecule has 0 unspecified atom stereocenters. The maximum atomic E-state index is 13.7. The predicted molar refractivity (Wildman–Crippen MR) is 84.7 cm³/mol. The van der Waals surface area contributed by atoms with Gasteiger partial charge in [-0.15, -0.1) is 0 Å². The smallest absolute Gasteiger partial charge is 0.152 e. The Morgan fingerprint density at radius 1 is 0.875 bits per heavy atom. The van der Waals surface area contributed by atoms with E-state index in [-0.39, 0.29) is 22.8 Å². The van der Waals surface area contributed by atoms with E-state index >= 15 is 0 Å². The summed E-state index contributed by atoms with van der Waals surface area (Å²) in [4.78, 5) is 15.4. The fourth-order valence-electron chi connectivity index (χ4n) is 2.22. The third kappa shape index (κ3) is 3.12. The summed E-state index contributed by atoms with van der Waals surface area (Å²) in [6, 6.07) is 11.8. The molecule has 2 aromatic carbocycles. The number of hydrogen-bond donors (Lipinski definition) is 1. The van der Waals surface area contributed by atoms with Gasteiger partial charge < -0.3 is 5.32 Å². The van der Waals surface area contributed by atoms with Crippen molar-refractivity contribution >= 4 is 17.8 Å².